The molecule has 1 aliphatic rings. The van der Waals surface area contributed by atoms with Gasteiger partial charge in [0.1, 0.15) is 0 Å². The molecule has 0 atom stereocenters. The van der Waals surface area contributed by atoms with Crippen LogP contribution < -0.4 is 0 Å². The fourth-order valence-electron chi connectivity index (χ4n) is 1.28. The molecule has 0 heterocycles. The molecule has 0 radical (unpaired) electrons. The Morgan fingerprint density at radius 1 is 1.57 bits per heavy atom. The van der Waals surface area contributed by atoms with Crippen molar-refractivity contribution in [3.63, 3.8) is 0 Å². The van der Waals surface area contributed by atoms with Crippen LogP contribution >= 0.6 is 0 Å². The number of hydrogen-bond donors (Lipinski definition) is 0. The summed E-state index contributed by atoms with van der Waals surface area (Å²) in [4.78, 5) is 22.0. The summed E-state index contributed by atoms with van der Waals surface area (Å²) >= 11 is 0. The standard InChI is InChI=1S/C11H14O3/c1-2-14-11(13)7-6-9-4-3-5-10(12)8-9/h3-4,8H,2,5-7H2,1H3. The number of esters is 1. The van der Waals surface area contributed by atoms with E-state index in [9.17, 15) is 9.59 Å². The molecule has 76 valence electrons. The lowest BCUT2D eigenvalue weighted by Gasteiger charge is -2.05. The molecular weight excluding hydrogens is 180 g/mol. The van der Waals surface area contributed by atoms with E-state index < -0.39 is 0 Å². The molecule has 0 saturated heterocycles. The van der Waals surface area contributed by atoms with Gasteiger partial charge in [0.25, 0.3) is 0 Å². The number of allylic oxidation sites excluding steroid dienone is 4. The second kappa shape index (κ2) is 5.37. The molecule has 0 aromatic carbocycles. The molecular formula is C11H14O3. The van der Waals surface area contributed by atoms with Gasteiger partial charge in [0.15, 0.2) is 5.78 Å². The zero-order valence-corrected chi connectivity index (χ0v) is 8.29. The minimum atomic E-state index is -0.208. The molecule has 3 nitrogen and oxygen atoms in total. The molecule has 3 heteroatoms. The van der Waals surface area contributed by atoms with E-state index in [2.05, 4.69) is 0 Å². The fourth-order valence-corrected chi connectivity index (χ4v) is 1.28. The SMILES string of the molecule is CCOC(=O)CCC1=CC(=O)CC=C1. The van der Waals surface area contributed by atoms with Crippen molar-refractivity contribution >= 4 is 11.8 Å². The molecule has 14 heavy (non-hydrogen) atoms. The number of rotatable bonds is 4. The summed E-state index contributed by atoms with van der Waals surface area (Å²) in [5.74, 6) is -0.105. The van der Waals surface area contributed by atoms with E-state index in [4.69, 9.17) is 4.74 Å². The van der Waals surface area contributed by atoms with Gasteiger partial charge < -0.3 is 4.74 Å². The smallest absolute Gasteiger partial charge is 0.306 e. The average molecular weight is 194 g/mol. The Kier molecular flexibility index (Phi) is 4.11. The van der Waals surface area contributed by atoms with Crippen molar-refractivity contribution in [3.05, 3.63) is 23.8 Å². The van der Waals surface area contributed by atoms with Crippen LogP contribution in [-0.2, 0) is 14.3 Å². The lowest BCUT2D eigenvalue weighted by atomic mass is 10.0. The molecule has 0 aromatic rings. The summed E-state index contributed by atoms with van der Waals surface area (Å²) in [5.41, 5.74) is 0.911. The first-order valence-corrected chi connectivity index (χ1v) is 4.78. The highest BCUT2D eigenvalue weighted by Gasteiger charge is 2.07. The summed E-state index contributed by atoms with van der Waals surface area (Å²) in [6.45, 7) is 2.19. The summed E-state index contributed by atoms with van der Waals surface area (Å²) < 4.78 is 4.78. The highest BCUT2D eigenvalue weighted by atomic mass is 16.5. The van der Waals surface area contributed by atoms with Crippen molar-refractivity contribution in [2.24, 2.45) is 0 Å². The number of ether oxygens (including phenoxy) is 1. The predicted molar refractivity (Wildman–Crippen MR) is 52.7 cm³/mol. The van der Waals surface area contributed by atoms with Crippen LogP contribution in [0.2, 0.25) is 0 Å². The summed E-state index contributed by atoms with van der Waals surface area (Å²) in [6, 6.07) is 0. The molecule has 0 N–H and O–H groups in total. The Labute approximate surface area is 83.4 Å². The van der Waals surface area contributed by atoms with Crippen molar-refractivity contribution in [1.29, 1.82) is 0 Å². The van der Waals surface area contributed by atoms with Gasteiger partial charge in [-0.05, 0) is 25.0 Å². The monoisotopic (exact) mass is 194 g/mol. The molecule has 0 bridgehead atoms. The Morgan fingerprint density at radius 3 is 3.00 bits per heavy atom. The Morgan fingerprint density at radius 2 is 2.36 bits per heavy atom. The average Bonchev–Trinajstić information content (AvgIpc) is 2.15. The van der Waals surface area contributed by atoms with Crippen LogP contribution in [0.1, 0.15) is 26.2 Å². The molecule has 0 spiro atoms. The molecule has 0 saturated carbocycles. The van der Waals surface area contributed by atoms with E-state index >= 15 is 0 Å². The molecule has 0 fully saturated rings. The van der Waals surface area contributed by atoms with Crippen molar-refractivity contribution in [1.82, 2.24) is 0 Å². The van der Waals surface area contributed by atoms with Crippen LogP contribution in [-0.4, -0.2) is 18.4 Å². The number of carbonyl (C=O) groups excluding carboxylic acids is 2. The minimum absolute atomic E-state index is 0.103. The van der Waals surface area contributed by atoms with E-state index in [1.54, 1.807) is 13.0 Å². The van der Waals surface area contributed by atoms with Gasteiger partial charge in [0.2, 0.25) is 0 Å². The van der Waals surface area contributed by atoms with Gasteiger partial charge in [-0.2, -0.15) is 0 Å². The first-order valence-electron chi connectivity index (χ1n) is 4.78. The van der Waals surface area contributed by atoms with Gasteiger partial charge in [-0.3, -0.25) is 9.59 Å². The maximum absolute atomic E-state index is 11.0. The number of hydrogen-bond acceptors (Lipinski definition) is 3. The van der Waals surface area contributed by atoms with Crippen molar-refractivity contribution in [3.8, 4) is 0 Å². The van der Waals surface area contributed by atoms with Crippen LogP contribution in [0.25, 0.3) is 0 Å². The van der Waals surface area contributed by atoms with E-state index in [-0.39, 0.29) is 11.8 Å². The maximum Gasteiger partial charge on any atom is 0.306 e. The normalized spacial score (nSPS) is 15.2. The van der Waals surface area contributed by atoms with E-state index in [1.165, 1.54) is 0 Å². The van der Waals surface area contributed by atoms with Gasteiger partial charge in [0.05, 0.1) is 6.61 Å². The third-order valence-electron chi connectivity index (χ3n) is 1.92. The first kappa shape index (κ1) is 10.7. The van der Waals surface area contributed by atoms with Crippen molar-refractivity contribution in [2.45, 2.75) is 26.2 Å². The molecule has 0 aliphatic heterocycles. The Hall–Kier alpha value is -1.38. The second-order valence-corrected chi connectivity index (χ2v) is 3.10. The van der Waals surface area contributed by atoms with Crippen LogP contribution in [0.5, 0.6) is 0 Å². The fraction of sp³-hybridized carbons (Fsp3) is 0.455. The minimum Gasteiger partial charge on any atom is -0.466 e. The predicted octanol–water partition coefficient (Wildman–Crippen LogP) is 1.79. The molecule has 1 aliphatic carbocycles. The number of carbonyl (C=O) groups is 2. The van der Waals surface area contributed by atoms with Crippen LogP contribution in [0.3, 0.4) is 0 Å². The topological polar surface area (TPSA) is 43.4 Å². The lowest BCUT2D eigenvalue weighted by Crippen LogP contribution is -2.05. The van der Waals surface area contributed by atoms with E-state index in [0.29, 0.717) is 25.9 Å². The zero-order valence-electron chi connectivity index (χ0n) is 8.29. The molecule has 1 rings (SSSR count). The van der Waals surface area contributed by atoms with Gasteiger partial charge in [-0.15, -0.1) is 0 Å². The first-order chi connectivity index (χ1) is 6.72. The van der Waals surface area contributed by atoms with Crippen LogP contribution in [0.4, 0.5) is 0 Å². The molecule has 0 aromatic heterocycles. The third kappa shape index (κ3) is 3.56. The van der Waals surface area contributed by atoms with Gasteiger partial charge in [-0.25, -0.2) is 0 Å². The largest absolute Gasteiger partial charge is 0.466 e. The highest BCUT2D eigenvalue weighted by Crippen LogP contribution is 2.13. The highest BCUT2D eigenvalue weighted by molar-refractivity contribution is 5.93. The van der Waals surface area contributed by atoms with E-state index in [1.807, 2.05) is 12.2 Å². The lowest BCUT2D eigenvalue weighted by molar-refractivity contribution is -0.143. The van der Waals surface area contributed by atoms with Crippen LogP contribution in [0.15, 0.2) is 23.8 Å². The van der Waals surface area contributed by atoms with Crippen molar-refractivity contribution in [2.75, 3.05) is 6.61 Å². The van der Waals surface area contributed by atoms with Crippen LogP contribution in [0, 0.1) is 0 Å². The van der Waals surface area contributed by atoms with E-state index in [0.717, 1.165) is 5.57 Å². The van der Waals surface area contributed by atoms with Gasteiger partial charge in [-0.1, -0.05) is 12.2 Å². The van der Waals surface area contributed by atoms with Gasteiger partial charge >= 0.3 is 5.97 Å². The van der Waals surface area contributed by atoms with Gasteiger partial charge in [0, 0.05) is 12.8 Å². The zero-order chi connectivity index (χ0) is 10.4. The van der Waals surface area contributed by atoms with Crippen molar-refractivity contribution < 1.29 is 14.3 Å². The quantitative estimate of drug-likeness (QED) is 0.641. The second-order valence-electron chi connectivity index (χ2n) is 3.10. The molecule has 0 unspecified atom stereocenters. The summed E-state index contributed by atoms with van der Waals surface area (Å²) in [7, 11) is 0. The number of ketones is 1. The third-order valence-corrected chi connectivity index (χ3v) is 1.92. The summed E-state index contributed by atoms with van der Waals surface area (Å²) in [6.07, 6.45) is 6.71. The Bertz CT molecular complexity index is 287. The Balaban J connectivity index is 2.34. The maximum atomic E-state index is 11.0. The molecule has 0 amide bonds. The summed E-state index contributed by atoms with van der Waals surface area (Å²) in [5, 5.41) is 0.